The Balaban J connectivity index is 0.00000202. The van der Waals surface area contributed by atoms with Crippen molar-refractivity contribution >= 4 is 15.4 Å². The van der Waals surface area contributed by atoms with Crippen LogP contribution in [0, 0.1) is 5.92 Å². The zero-order valence-electron chi connectivity index (χ0n) is 27.0. The van der Waals surface area contributed by atoms with Crippen molar-refractivity contribution in [3.63, 3.8) is 0 Å². The third kappa shape index (κ3) is 5.66. The van der Waals surface area contributed by atoms with Crippen molar-refractivity contribution in [1.29, 1.82) is 0 Å². The topological polar surface area (TPSA) is 0 Å². The third-order valence-electron chi connectivity index (χ3n) is 10.2. The summed E-state index contributed by atoms with van der Waals surface area (Å²) in [6.07, 6.45) is 21.6. The van der Waals surface area contributed by atoms with E-state index >= 15 is 0 Å². The van der Waals surface area contributed by atoms with E-state index in [1.165, 1.54) is 77.5 Å². The Morgan fingerprint density at radius 2 is 1.43 bits per heavy atom. The van der Waals surface area contributed by atoms with Crippen LogP contribution >= 0.6 is 0 Å². The first kappa shape index (κ1) is 33.6. The molecule has 1 atom stereocenters. The largest absolute Gasteiger partial charge is 1.00 e. The van der Waals surface area contributed by atoms with Gasteiger partial charge in [0.1, 0.15) is 0 Å². The molecule has 0 radical (unpaired) electrons. The van der Waals surface area contributed by atoms with Crippen LogP contribution in [0.25, 0.3) is 23.3 Å². The second-order valence-electron chi connectivity index (χ2n) is 14.1. The summed E-state index contributed by atoms with van der Waals surface area (Å²) in [6, 6.07) is 10.2. The maximum Gasteiger partial charge on any atom is -1.00 e. The second-order valence-corrected chi connectivity index (χ2v) is 20.4. The van der Waals surface area contributed by atoms with Gasteiger partial charge in [0.2, 0.25) is 0 Å². The van der Waals surface area contributed by atoms with Crippen molar-refractivity contribution in [1.82, 2.24) is 0 Å². The summed E-state index contributed by atoms with van der Waals surface area (Å²) in [4.78, 5) is 0. The van der Waals surface area contributed by atoms with E-state index in [9.17, 15) is 0 Å². The van der Waals surface area contributed by atoms with Crippen molar-refractivity contribution < 1.29 is 46.1 Å². The Labute approximate surface area is 275 Å². The number of allylic oxidation sites excluding steroid dienone is 6. The van der Waals surface area contributed by atoms with Gasteiger partial charge in [0.05, 0.1) is 0 Å². The maximum atomic E-state index is 2.71. The number of benzene rings is 2. The molecule has 3 heteroatoms. The fourth-order valence-electron chi connectivity index (χ4n) is 7.85. The molecule has 2 aromatic rings. The number of fused-ring (bicyclic) bond motifs is 5. The molecule has 6 rings (SSSR count). The molecular weight excluding hydrogens is 631 g/mol. The van der Waals surface area contributed by atoms with Gasteiger partial charge in [-0.25, -0.2) is 0 Å². The van der Waals surface area contributed by atoms with Gasteiger partial charge in [-0.3, -0.25) is 0 Å². The van der Waals surface area contributed by atoms with Crippen molar-refractivity contribution in [2.75, 3.05) is 0 Å². The number of hydrogen-bond acceptors (Lipinski definition) is 0. The normalized spacial score (nSPS) is 19.3. The number of unbranched alkanes of at least 4 members (excludes halogenated alkanes) is 2. The van der Waals surface area contributed by atoms with Gasteiger partial charge in [0.25, 0.3) is 0 Å². The van der Waals surface area contributed by atoms with Gasteiger partial charge < -0.3 is 24.8 Å². The van der Waals surface area contributed by atoms with E-state index < -0.39 is 21.3 Å². The first-order valence-electron chi connectivity index (χ1n) is 15.9. The fraction of sp³-hybridized carbons (Fsp3) is 0.462. The van der Waals surface area contributed by atoms with Crippen LogP contribution in [-0.2, 0) is 38.5 Å². The monoisotopic (exact) mass is 676 g/mol. The minimum Gasteiger partial charge on any atom is -1.00 e. The third-order valence-corrected chi connectivity index (χ3v) is 19.3. The van der Waals surface area contributed by atoms with Crippen LogP contribution in [0.4, 0.5) is 0 Å². The molecule has 4 aliphatic carbocycles. The molecule has 42 heavy (non-hydrogen) atoms. The quantitative estimate of drug-likeness (QED) is 0.320. The molecule has 0 heterocycles. The fourth-order valence-corrected chi connectivity index (χ4v) is 17.5. The molecule has 222 valence electrons. The average Bonchev–Trinajstić information content (AvgIpc) is 3.60. The van der Waals surface area contributed by atoms with Crippen LogP contribution in [0.2, 0.25) is 0 Å². The van der Waals surface area contributed by atoms with E-state index in [0.29, 0.717) is 5.92 Å². The van der Waals surface area contributed by atoms with Crippen LogP contribution in [0.15, 0.2) is 54.6 Å². The number of rotatable bonds is 8. The van der Waals surface area contributed by atoms with E-state index in [-0.39, 0.29) is 35.6 Å². The zero-order chi connectivity index (χ0) is 28.4. The van der Waals surface area contributed by atoms with E-state index in [4.69, 9.17) is 0 Å². The van der Waals surface area contributed by atoms with Gasteiger partial charge in [-0.2, -0.15) is 0 Å². The van der Waals surface area contributed by atoms with Crippen molar-refractivity contribution in [2.45, 2.75) is 111 Å². The van der Waals surface area contributed by atoms with Crippen LogP contribution in [0.1, 0.15) is 127 Å². The molecule has 0 spiro atoms. The molecular formula is C39H48Cl2Zr. The zero-order valence-corrected chi connectivity index (χ0v) is 30.9. The second kappa shape index (κ2) is 12.6. The van der Waals surface area contributed by atoms with E-state index in [0.717, 1.165) is 6.42 Å². The van der Waals surface area contributed by atoms with Gasteiger partial charge in [-0.05, 0) is 0 Å². The maximum absolute atomic E-state index is 2.71. The molecule has 0 aliphatic heterocycles. The standard InChI is InChI=1S/C23H21.C9H18.C7H9.2ClH.Zr/c1-22(2)7-5-14-10-18-16(12-20(14)22)9-17-13-21-15(11-19(17)18)6-8-23(21,3)4;1-3-5-7-9-8-6-4-2;1-6-3-4-7(2)5-6;;;/h5-7,10-13H,9H2,1-4H3;3-8H2,1-2H3;3,5,7H,1-2H3;2*1H;/q;;;;;+2/p-2. The van der Waals surface area contributed by atoms with E-state index in [2.05, 4.69) is 110 Å². The molecule has 0 fully saturated rings. The van der Waals surface area contributed by atoms with Crippen LogP contribution in [0.5, 0.6) is 0 Å². The van der Waals surface area contributed by atoms with Crippen LogP contribution < -0.4 is 24.8 Å². The predicted molar refractivity (Wildman–Crippen MR) is 173 cm³/mol. The number of hydrogen-bond donors (Lipinski definition) is 0. The Morgan fingerprint density at radius 3 is 2.00 bits per heavy atom. The molecule has 2 aromatic carbocycles. The Morgan fingerprint density at radius 1 is 0.833 bits per heavy atom. The Bertz CT molecular complexity index is 1550. The minimum absolute atomic E-state index is 0. The van der Waals surface area contributed by atoms with Crippen molar-refractivity contribution in [3.8, 4) is 11.1 Å². The first-order valence-corrected chi connectivity index (χ1v) is 19.6. The van der Waals surface area contributed by atoms with Crippen molar-refractivity contribution in [3.05, 3.63) is 88.0 Å². The minimum atomic E-state index is -2.26. The molecule has 1 unspecified atom stereocenters. The van der Waals surface area contributed by atoms with Gasteiger partial charge in [0.15, 0.2) is 0 Å². The summed E-state index contributed by atoms with van der Waals surface area (Å²) >= 11 is -2.26. The van der Waals surface area contributed by atoms with Gasteiger partial charge in [-0.1, -0.05) is 0 Å². The molecule has 0 bridgehead atoms. The Kier molecular flexibility index (Phi) is 10.1. The van der Waals surface area contributed by atoms with Crippen LogP contribution in [-0.4, -0.2) is 3.21 Å². The number of halogens is 2. The first-order chi connectivity index (χ1) is 19.0. The smallest absolute Gasteiger partial charge is 1.00 e. The van der Waals surface area contributed by atoms with Gasteiger partial charge >= 0.3 is 253 Å². The van der Waals surface area contributed by atoms with E-state index in [1.807, 2.05) is 9.77 Å². The summed E-state index contributed by atoms with van der Waals surface area (Å²) in [5.41, 5.74) is 13.8. The summed E-state index contributed by atoms with van der Waals surface area (Å²) in [7, 11) is 0. The van der Waals surface area contributed by atoms with Gasteiger partial charge in [0, 0.05) is 0 Å². The Hall–Kier alpha value is -1.27. The molecule has 0 N–H and O–H groups in total. The summed E-state index contributed by atoms with van der Waals surface area (Å²) in [5.74, 6) is 0.601. The SMILES string of the molecule is CCCC[C](CCCC)=[Zr+2]([C]1=CC(C)=CC1C)[C]1=Cc2cc3c(cc2C1(C)C)Cc1cc2c(cc1-3)C=CC2(C)C.[Cl-].[Cl-]. The van der Waals surface area contributed by atoms with Crippen molar-refractivity contribution in [2.24, 2.45) is 5.92 Å². The summed E-state index contributed by atoms with van der Waals surface area (Å²) in [5, 5.41) is 0. The molecule has 0 amide bonds. The molecule has 0 nitrogen and oxygen atoms in total. The summed E-state index contributed by atoms with van der Waals surface area (Å²) < 4.78 is 5.63. The molecule has 0 aromatic heterocycles. The predicted octanol–water partition coefficient (Wildman–Crippen LogP) is 4.85. The van der Waals surface area contributed by atoms with Gasteiger partial charge in [-0.15, -0.1) is 0 Å². The molecule has 0 saturated heterocycles. The molecule has 4 aliphatic rings. The average molecular weight is 679 g/mol. The van der Waals surface area contributed by atoms with Crippen LogP contribution in [0.3, 0.4) is 0 Å². The van der Waals surface area contributed by atoms with E-state index in [1.54, 1.807) is 11.1 Å². The summed E-state index contributed by atoms with van der Waals surface area (Å²) in [6.45, 7) is 19.3. The molecule has 0 saturated carbocycles.